The minimum absolute atomic E-state index is 0.00283. The molecule has 21 heteroatoms. The fourth-order valence-electron chi connectivity index (χ4n) is 10.5. The molecule has 1 unspecified atom stereocenters. The number of ether oxygens (including phenoxy) is 5. The van der Waals surface area contributed by atoms with E-state index in [0.29, 0.717) is 39.0 Å². The number of hydrogen-bond donors (Lipinski definition) is 5. The number of phenols is 2. The number of rotatable bonds is 5. The van der Waals surface area contributed by atoms with Gasteiger partial charge in [-0.3, -0.25) is 28.8 Å². The van der Waals surface area contributed by atoms with E-state index in [9.17, 15) is 44.9 Å². The number of piperidine rings is 1. The Bertz CT molecular complexity index is 2860. The lowest BCUT2D eigenvalue weighted by Crippen LogP contribution is -2.52. The number of methoxy groups -OCH3 is 1. The number of Topliss-reactive ketones (excluding diaryl/α,β-unsaturated/α-hetero) is 1. The summed E-state index contributed by atoms with van der Waals surface area (Å²) in [4.78, 5) is 67.8. The van der Waals surface area contributed by atoms with Gasteiger partial charge in [0.2, 0.25) is 0 Å². The Kier molecular flexibility index (Phi) is 13.1. The third-order valence-corrected chi connectivity index (χ3v) is 14.6. The number of benzene rings is 2. The summed E-state index contributed by atoms with van der Waals surface area (Å²) in [6, 6.07) is 0.170. The Morgan fingerprint density at radius 1 is 0.986 bits per heavy atom. The van der Waals surface area contributed by atoms with Crippen LogP contribution in [0.5, 0.6) is 23.3 Å². The standard InChI is InChI=1S/C49H61N7O14/c1-23-12-11-13-24(2)45(63)51-37-36-35(52-49(53-36)15-17-54(18-16-49)21-47(8)22-55-20-31(56(64)65)50-46(55)70-47)32-33(41(37)61)40(60)28(6)43-34(32)44(62)48(9,69-43)67-19-14-30(66-10)25(3)42(68-29(7)57)27(5)39(59)26(4)38(23)58/h11-14,19-20,23,25-27,30,38-39,42,52,58-61H,15-18,21-22H2,1-10H3/b12-11+,19-14+,24-13-,51-37?/t23-,25+,26+,27+,30-,38-,39+,42+,47?,48-/m0/s1. The number of amides is 1. The molecular formula is C49H61N7O14. The van der Waals surface area contributed by atoms with Gasteiger partial charge in [0.25, 0.3) is 11.7 Å². The summed E-state index contributed by atoms with van der Waals surface area (Å²) in [6.45, 7) is 16.4. The fourth-order valence-corrected chi connectivity index (χ4v) is 10.5. The second-order valence-corrected chi connectivity index (χ2v) is 19.9. The monoisotopic (exact) mass is 971 g/mol. The largest absolute Gasteiger partial charge is 0.507 e. The van der Waals surface area contributed by atoms with Crippen LogP contribution in [0.2, 0.25) is 0 Å². The summed E-state index contributed by atoms with van der Waals surface area (Å²) in [7, 11) is 1.45. The van der Waals surface area contributed by atoms with Crippen LogP contribution in [0.1, 0.15) is 84.2 Å². The maximum absolute atomic E-state index is 14.9. The molecule has 70 heavy (non-hydrogen) atoms. The van der Waals surface area contributed by atoms with E-state index in [0.717, 1.165) is 0 Å². The Morgan fingerprint density at radius 2 is 1.69 bits per heavy atom. The molecule has 1 amide bonds. The van der Waals surface area contributed by atoms with Crippen LogP contribution in [0.15, 0.2) is 52.3 Å². The molecule has 1 aromatic heterocycles. The smallest absolute Gasteiger partial charge is 0.415 e. The number of nitrogens with zero attached hydrogens (tertiary/aromatic N) is 6. The number of aliphatic hydroxyl groups is 2. The predicted molar refractivity (Wildman–Crippen MR) is 251 cm³/mol. The number of allylic oxidation sites excluding steroid dienone is 2. The zero-order chi connectivity index (χ0) is 50.9. The predicted octanol–water partition coefficient (Wildman–Crippen LogP) is 4.05. The molecule has 1 saturated heterocycles. The lowest BCUT2D eigenvalue weighted by atomic mass is 9.78. The van der Waals surface area contributed by atoms with Crippen molar-refractivity contribution in [1.29, 1.82) is 0 Å². The van der Waals surface area contributed by atoms with Crippen LogP contribution in [0.3, 0.4) is 0 Å². The Hall–Kier alpha value is -6.42. The van der Waals surface area contributed by atoms with Crippen LogP contribution in [0, 0.1) is 40.7 Å². The molecule has 0 aliphatic carbocycles. The van der Waals surface area contributed by atoms with E-state index in [1.54, 1.807) is 44.4 Å². The molecule has 21 nitrogen and oxygen atoms in total. The summed E-state index contributed by atoms with van der Waals surface area (Å²) in [5, 5.41) is 61.9. The number of likely N-dealkylation sites (tertiary alicyclic amines) is 1. The van der Waals surface area contributed by atoms with Crippen LogP contribution in [0.4, 0.5) is 11.5 Å². The van der Waals surface area contributed by atoms with E-state index < -0.39 is 99.2 Å². The maximum Gasteiger partial charge on any atom is 0.415 e. The van der Waals surface area contributed by atoms with Gasteiger partial charge < -0.3 is 59.5 Å². The number of aliphatic hydroxyl groups excluding tert-OH is 2. The van der Waals surface area contributed by atoms with E-state index in [2.05, 4.69) is 20.2 Å². The van der Waals surface area contributed by atoms with Crippen molar-refractivity contribution in [1.82, 2.24) is 14.5 Å². The SMILES string of the molecule is CO[C@H]1/C=C/O[C@@]2(C)Oc3c(C)c(O)c4c(O)c(c5c(c4c3C2=O)NC2(CCN(CC3(C)Cn4cc([N+](=O)[O-])nc4O3)CC2)N=5)=NC(=O)/C(C)=C\C=C\[C@H](C)[C@H](O)[C@@H](C)[C@@H](O)[C@@H](C)[C@H](OC(C)=O)[C@@H]1C. The van der Waals surface area contributed by atoms with Gasteiger partial charge in [0.05, 0.1) is 47.8 Å². The summed E-state index contributed by atoms with van der Waals surface area (Å²) < 4.78 is 31.8. The molecule has 5 aliphatic heterocycles. The quantitative estimate of drug-likeness (QED) is 0.104. The van der Waals surface area contributed by atoms with Crippen molar-refractivity contribution in [3.63, 3.8) is 0 Å². The van der Waals surface area contributed by atoms with Crippen LogP contribution >= 0.6 is 0 Å². The second kappa shape index (κ2) is 18.4. The lowest BCUT2D eigenvalue weighted by Gasteiger charge is -2.40. The van der Waals surface area contributed by atoms with Gasteiger partial charge in [0.15, 0.2) is 5.75 Å². The highest BCUT2D eigenvalue weighted by atomic mass is 16.7. The third kappa shape index (κ3) is 8.76. The molecule has 1 spiro atoms. The van der Waals surface area contributed by atoms with E-state index in [1.165, 1.54) is 59.4 Å². The number of ketones is 1. The highest BCUT2D eigenvalue weighted by Crippen LogP contribution is 2.51. The number of esters is 1. The molecule has 6 heterocycles. The average Bonchev–Trinajstić information content (AvgIpc) is 4.04. The lowest BCUT2D eigenvalue weighted by molar-refractivity contribution is -0.389. The highest BCUT2D eigenvalue weighted by molar-refractivity contribution is 6.21. The molecule has 2 aromatic carbocycles. The zero-order valence-corrected chi connectivity index (χ0v) is 40.9. The van der Waals surface area contributed by atoms with E-state index in [4.69, 9.17) is 28.7 Å². The van der Waals surface area contributed by atoms with Gasteiger partial charge in [-0.2, -0.15) is 0 Å². The number of carbonyl (C=O) groups excluding carboxylic acids is 3. The van der Waals surface area contributed by atoms with Gasteiger partial charge >= 0.3 is 23.6 Å². The molecule has 5 N–H and O–H groups in total. The topological polar surface area (TPSA) is 279 Å². The van der Waals surface area contributed by atoms with Gasteiger partial charge in [-0.15, -0.1) is 0 Å². The van der Waals surface area contributed by atoms with Crippen LogP contribution in [0.25, 0.3) is 10.8 Å². The second-order valence-electron chi connectivity index (χ2n) is 19.9. The molecule has 0 radical (unpaired) electrons. The van der Waals surface area contributed by atoms with Gasteiger partial charge in [-0.25, -0.2) is 4.99 Å². The van der Waals surface area contributed by atoms with Gasteiger partial charge in [0, 0.05) is 98.6 Å². The highest BCUT2D eigenvalue weighted by Gasteiger charge is 2.51. The Labute approximate surface area is 403 Å². The van der Waals surface area contributed by atoms with Crippen LogP contribution in [-0.2, 0) is 30.3 Å². The average molecular weight is 972 g/mol. The number of phenolic OH excluding ortho intramolecular Hbond substituents is 2. The van der Waals surface area contributed by atoms with Crippen molar-refractivity contribution in [3.8, 4) is 23.3 Å². The number of hydrogen-bond acceptors (Lipinski definition) is 18. The van der Waals surface area contributed by atoms with Crippen molar-refractivity contribution >= 4 is 39.9 Å². The molecule has 4 bridgehead atoms. The van der Waals surface area contributed by atoms with Crippen LogP contribution in [-0.4, -0.2) is 126 Å². The molecule has 1 fully saturated rings. The molecule has 10 atom stereocenters. The number of aromatic hydroxyl groups is 2. The number of nitrogens with one attached hydrogen (secondary N) is 1. The summed E-state index contributed by atoms with van der Waals surface area (Å²) in [6.07, 6.45) is 5.77. The minimum atomic E-state index is -2.02. The first-order chi connectivity index (χ1) is 32.9. The van der Waals surface area contributed by atoms with Crippen LogP contribution < -0.4 is 25.5 Å². The number of anilines is 1. The molecule has 0 saturated carbocycles. The van der Waals surface area contributed by atoms with Crippen molar-refractivity contribution in [2.75, 3.05) is 32.1 Å². The van der Waals surface area contributed by atoms with Crippen molar-refractivity contribution in [3.05, 3.63) is 74.3 Å². The van der Waals surface area contributed by atoms with Gasteiger partial charge in [-0.05, 0) is 31.8 Å². The summed E-state index contributed by atoms with van der Waals surface area (Å²) in [5.41, 5.74) is -1.27. The van der Waals surface area contributed by atoms with E-state index in [-0.39, 0.29) is 61.5 Å². The zero-order valence-electron chi connectivity index (χ0n) is 40.9. The molecule has 3 aromatic rings. The first kappa shape index (κ1) is 50.0. The van der Waals surface area contributed by atoms with Crippen molar-refractivity contribution < 1.29 is 63.4 Å². The van der Waals surface area contributed by atoms with E-state index in [1.807, 2.05) is 6.92 Å². The summed E-state index contributed by atoms with van der Waals surface area (Å²) in [5.74, 6) is -7.85. The van der Waals surface area contributed by atoms with E-state index >= 15 is 0 Å². The first-order valence-corrected chi connectivity index (χ1v) is 23.4. The number of nitro groups is 1. The third-order valence-electron chi connectivity index (χ3n) is 14.6. The first-order valence-electron chi connectivity index (χ1n) is 23.4. The minimum Gasteiger partial charge on any atom is -0.507 e. The number of fused-ring (bicyclic) bond motifs is 2. The van der Waals surface area contributed by atoms with Gasteiger partial charge in [-0.1, -0.05) is 45.9 Å². The number of aromatic nitrogens is 2. The maximum atomic E-state index is 14.9. The van der Waals surface area contributed by atoms with Crippen molar-refractivity contribution in [2.45, 2.75) is 123 Å². The van der Waals surface area contributed by atoms with Gasteiger partial charge in [0.1, 0.15) is 45.8 Å². The molecular weight excluding hydrogens is 911 g/mol. The number of carbonyl (C=O) groups is 3. The molecule has 5 aliphatic rings. The Morgan fingerprint density at radius 3 is 2.33 bits per heavy atom. The fraction of sp³-hybridized carbons (Fsp3) is 0.551. The van der Waals surface area contributed by atoms with Crippen molar-refractivity contribution in [2.24, 2.45) is 33.7 Å². The Balaban J connectivity index is 1.21. The molecule has 376 valence electrons. The normalized spacial score (nSPS) is 32.7. The number of imidazole rings is 1. The molecule has 8 rings (SSSR count). The summed E-state index contributed by atoms with van der Waals surface area (Å²) >= 11 is 0.